The quantitative estimate of drug-likeness (QED) is 0.575. The van der Waals surface area contributed by atoms with Crippen LogP contribution in [0.4, 0.5) is 4.39 Å². The summed E-state index contributed by atoms with van der Waals surface area (Å²) < 4.78 is 19.0. The van der Waals surface area contributed by atoms with Gasteiger partial charge in [0.2, 0.25) is 5.91 Å². The minimum absolute atomic E-state index is 0.0160. The number of amides is 1. The van der Waals surface area contributed by atoms with Crippen molar-refractivity contribution in [1.29, 1.82) is 0 Å². The Kier molecular flexibility index (Phi) is 5.44. The Morgan fingerprint density at radius 1 is 1.18 bits per heavy atom. The molecule has 0 N–H and O–H groups in total. The zero-order valence-corrected chi connectivity index (χ0v) is 16.0. The summed E-state index contributed by atoms with van der Waals surface area (Å²) in [4.78, 5) is 18.9. The van der Waals surface area contributed by atoms with E-state index in [2.05, 4.69) is 4.98 Å². The van der Waals surface area contributed by atoms with Gasteiger partial charge in [-0.3, -0.25) is 4.79 Å². The Balaban J connectivity index is 1.39. The minimum atomic E-state index is -0.264. The molecule has 0 radical (unpaired) electrons. The molecule has 2 heterocycles. The number of likely N-dealkylation sites (tertiary alicyclic amines) is 1. The van der Waals surface area contributed by atoms with Crippen LogP contribution in [0, 0.1) is 5.82 Å². The van der Waals surface area contributed by atoms with Crippen LogP contribution in [0.3, 0.4) is 0 Å². The Labute approximate surface area is 167 Å². The summed E-state index contributed by atoms with van der Waals surface area (Å²) in [5.41, 5.74) is 1.87. The summed E-state index contributed by atoms with van der Waals surface area (Å²) in [7, 11) is 0. The van der Waals surface area contributed by atoms with Crippen LogP contribution in [0.2, 0.25) is 5.02 Å². The maximum Gasteiger partial charge on any atom is 0.223 e. The Bertz CT molecular complexity index is 953. The molecular weight excluding hydrogens is 379 g/mol. The molecular formula is C22H20ClFN2O2. The van der Waals surface area contributed by atoms with Crippen LogP contribution in [0.1, 0.15) is 36.8 Å². The van der Waals surface area contributed by atoms with Crippen LogP contribution in [-0.4, -0.2) is 22.3 Å². The molecule has 28 heavy (non-hydrogen) atoms. The first kappa shape index (κ1) is 18.7. The summed E-state index contributed by atoms with van der Waals surface area (Å²) in [5, 5.41) is 0.662. The van der Waals surface area contributed by atoms with Gasteiger partial charge in [0, 0.05) is 30.0 Å². The first-order valence-corrected chi connectivity index (χ1v) is 9.73. The number of aryl methyl sites for hydroxylation is 1. The zero-order valence-electron chi connectivity index (χ0n) is 15.3. The maximum absolute atomic E-state index is 13.2. The molecule has 1 fully saturated rings. The highest BCUT2D eigenvalue weighted by molar-refractivity contribution is 6.30. The lowest BCUT2D eigenvalue weighted by Crippen LogP contribution is -2.30. The molecule has 4 rings (SSSR count). The molecule has 144 valence electrons. The third-order valence-corrected chi connectivity index (χ3v) is 5.31. The van der Waals surface area contributed by atoms with Gasteiger partial charge in [0.15, 0.2) is 11.7 Å². The fraction of sp³-hybridized carbons (Fsp3) is 0.273. The van der Waals surface area contributed by atoms with Gasteiger partial charge in [-0.2, -0.15) is 0 Å². The third kappa shape index (κ3) is 4.09. The lowest BCUT2D eigenvalue weighted by Gasteiger charge is -2.25. The van der Waals surface area contributed by atoms with Gasteiger partial charge < -0.3 is 9.32 Å². The van der Waals surface area contributed by atoms with E-state index in [0.29, 0.717) is 29.5 Å². The largest absolute Gasteiger partial charge is 0.441 e. The van der Waals surface area contributed by atoms with Crippen molar-refractivity contribution in [2.75, 3.05) is 6.54 Å². The van der Waals surface area contributed by atoms with Gasteiger partial charge in [0.25, 0.3) is 0 Å². The van der Waals surface area contributed by atoms with E-state index in [9.17, 15) is 9.18 Å². The number of benzene rings is 2. The molecule has 1 amide bonds. The number of hydrogen-bond acceptors (Lipinski definition) is 3. The van der Waals surface area contributed by atoms with E-state index in [-0.39, 0.29) is 17.8 Å². The number of oxazole rings is 1. The fourth-order valence-corrected chi connectivity index (χ4v) is 3.75. The van der Waals surface area contributed by atoms with Crippen molar-refractivity contribution in [2.24, 2.45) is 0 Å². The monoisotopic (exact) mass is 398 g/mol. The molecule has 0 bridgehead atoms. The van der Waals surface area contributed by atoms with Crippen molar-refractivity contribution < 1.29 is 13.6 Å². The van der Waals surface area contributed by atoms with Crippen molar-refractivity contribution in [2.45, 2.75) is 31.7 Å². The van der Waals surface area contributed by atoms with Crippen molar-refractivity contribution in [1.82, 2.24) is 9.88 Å². The molecule has 0 spiro atoms. The first-order valence-electron chi connectivity index (χ1n) is 9.36. The third-order valence-electron chi connectivity index (χ3n) is 5.06. The van der Waals surface area contributed by atoms with Crippen LogP contribution in [0.15, 0.2) is 59.1 Å². The normalized spacial score (nSPS) is 16.5. The first-order chi connectivity index (χ1) is 13.6. The van der Waals surface area contributed by atoms with E-state index in [0.717, 1.165) is 30.5 Å². The fourth-order valence-electron chi connectivity index (χ4n) is 3.63. The molecule has 2 aromatic carbocycles. The Hall–Kier alpha value is -2.66. The molecule has 4 nitrogen and oxygen atoms in total. The van der Waals surface area contributed by atoms with Crippen LogP contribution in [0.25, 0.3) is 11.3 Å². The molecule has 1 unspecified atom stereocenters. The molecule has 1 aromatic heterocycles. The highest BCUT2D eigenvalue weighted by atomic mass is 35.5. The summed E-state index contributed by atoms with van der Waals surface area (Å²) in [5.74, 6) is 0.999. The van der Waals surface area contributed by atoms with E-state index in [1.54, 1.807) is 30.5 Å². The number of nitrogens with zero attached hydrogens (tertiary/aromatic N) is 2. The lowest BCUT2D eigenvalue weighted by molar-refractivity contribution is -0.132. The standard InChI is InChI=1S/C22H20ClFN2O2/c23-17-7-3-16(4-8-17)20-14-25-21(28-20)11-12-22(27)26-13-1-2-19(26)15-5-9-18(24)10-6-15/h3-10,14,19H,1-2,11-13H2. The number of aromatic nitrogens is 1. The average Bonchev–Trinajstić information content (AvgIpc) is 3.37. The molecule has 1 aliphatic heterocycles. The van der Waals surface area contributed by atoms with Gasteiger partial charge in [-0.05, 0) is 54.8 Å². The van der Waals surface area contributed by atoms with Gasteiger partial charge in [0.05, 0.1) is 12.2 Å². The van der Waals surface area contributed by atoms with Gasteiger partial charge in [-0.15, -0.1) is 0 Å². The molecule has 1 aliphatic rings. The SMILES string of the molecule is O=C(CCc1ncc(-c2ccc(Cl)cc2)o1)N1CCCC1c1ccc(F)cc1. The van der Waals surface area contributed by atoms with E-state index in [1.807, 2.05) is 17.0 Å². The summed E-state index contributed by atoms with van der Waals surface area (Å²) >= 11 is 5.91. The average molecular weight is 399 g/mol. The summed E-state index contributed by atoms with van der Waals surface area (Å²) in [6.07, 6.45) is 4.29. The second-order valence-electron chi connectivity index (χ2n) is 6.92. The second-order valence-corrected chi connectivity index (χ2v) is 7.36. The van der Waals surface area contributed by atoms with Crippen molar-refractivity contribution in [3.05, 3.63) is 77.0 Å². The van der Waals surface area contributed by atoms with Gasteiger partial charge in [-0.25, -0.2) is 9.37 Å². The van der Waals surface area contributed by atoms with Crippen molar-refractivity contribution in [3.63, 3.8) is 0 Å². The molecule has 6 heteroatoms. The van der Waals surface area contributed by atoms with Crippen LogP contribution >= 0.6 is 11.6 Å². The van der Waals surface area contributed by atoms with Crippen molar-refractivity contribution in [3.8, 4) is 11.3 Å². The highest BCUT2D eigenvalue weighted by Crippen LogP contribution is 2.32. The minimum Gasteiger partial charge on any atom is -0.441 e. The molecule has 3 aromatic rings. The van der Waals surface area contributed by atoms with Gasteiger partial charge in [0.1, 0.15) is 5.82 Å². The molecule has 1 atom stereocenters. The second kappa shape index (κ2) is 8.15. The number of carbonyl (C=O) groups is 1. The maximum atomic E-state index is 13.2. The smallest absolute Gasteiger partial charge is 0.223 e. The predicted octanol–water partition coefficient (Wildman–Crippen LogP) is 5.43. The predicted molar refractivity (Wildman–Crippen MR) is 105 cm³/mol. The highest BCUT2D eigenvalue weighted by Gasteiger charge is 2.29. The van der Waals surface area contributed by atoms with Crippen LogP contribution in [-0.2, 0) is 11.2 Å². The van der Waals surface area contributed by atoms with Crippen LogP contribution < -0.4 is 0 Å². The zero-order chi connectivity index (χ0) is 19.5. The van der Waals surface area contributed by atoms with E-state index < -0.39 is 0 Å². The van der Waals surface area contributed by atoms with E-state index >= 15 is 0 Å². The molecule has 1 saturated heterocycles. The topological polar surface area (TPSA) is 46.3 Å². The number of carbonyl (C=O) groups excluding carboxylic acids is 1. The molecule has 0 aliphatic carbocycles. The number of hydrogen-bond donors (Lipinski definition) is 0. The summed E-state index contributed by atoms with van der Waals surface area (Å²) in [6.45, 7) is 0.725. The Morgan fingerprint density at radius 3 is 2.68 bits per heavy atom. The molecule has 0 saturated carbocycles. The Morgan fingerprint density at radius 2 is 1.93 bits per heavy atom. The lowest BCUT2D eigenvalue weighted by atomic mass is 10.0. The summed E-state index contributed by atoms with van der Waals surface area (Å²) in [6, 6.07) is 13.8. The van der Waals surface area contributed by atoms with Crippen LogP contribution in [0.5, 0.6) is 0 Å². The van der Waals surface area contributed by atoms with Gasteiger partial charge in [-0.1, -0.05) is 23.7 Å². The van der Waals surface area contributed by atoms with E-state index in [4.69, 9.17) is 16.0 Å². The van der Waals surface area contributed by atoms with Crippen molar-refractivity contribution >= 4 is 17.5 Å². The number of rotatable bonds is 5. The van der Waals surface area contributed by atoms with E-state index in [1.165, 1.54) is 12.1 Å². The number of halogens is 2. The van der Waals surface area contributed by atoms with Gasteiger partial charge >= 0.3 is 0 Å².